The fourth-order valence-corrected chi connectivity index (χ4v) is 1.15. The van der Waals surface area contributed by atoms with Gasteiger partial charge in [-0.25, -0.2) is 4.98 Å². The second-order valence-electron chi connectivity index (χ2n) is 2.73. The molecule has 0 amide bonds. The zero-order valence-electron chi connectivity index (χ0n) is 6.14. The molecule has 2 heterocycles. The molecule has 2 rings (SSSR count). The number of hydrogen-bond acceptors (Lipinski definition) is 4. The Bertz CT molecular complexity index is 230. The van der Waals surface area contributed by atoms with Gasteiger partial charge in [-0.1, -0.05) is 7.43 Å². The van der Waals surface area contributed by atoms with Crippen LogP contribution in [0.5, 0.6) is 0 Å². The number of hydrogen-bond donors (Lipinski definition) is 1. The third-order valence-corrected chi connectivity index (χ3v) is 1.78. The summed E-state index contributed by atoms with van der Waals surface area (Å²) in [5, 5.41) is 0. The first kappa shape index (κ1) is 8.93. The SMILES string of the molecule is C.NC1CN(c2cnccn2)C1. The Hall–Kier alpha value is -1.16. The Morgan fingerprint density at radius 2 is 2.17 bits per heavy atom. The maximum atomic E-state index is 5.62. The van der Waals surface area contributed by atoms with Crippen molar-refractivity contribution in [2.24, 2.45) is 5.73 Å². The molecular weight excluding hydrogens is 152 g/mol. The van der Waals surface area contributed by atoms with Crippen LogP contribution in [-0.4, -0.2) is 29.1 Å². The van der Waals surface area contributed by atoms with Crippen LogP contribution >= 0.6 is 0 Å². The predicted octanol–water partition coefficient (Wildman–Crippen LogP) is 0.260. The molecular formula is C8H14N4. The number of rotatable bonds is 1. The summed E-state index contributed by atoms with van der Waals surface area (Å²) in [4.78, 5) is 10.2. The lowest BCUT2D eigenvalue weighted by molar-refractivity contribution is 0.514. The molecule has 4 heteroatoms. The van der Waals surface area contributed by atoms with Crippen molar-refractivity contribution in [1.29, 1.82) is 0 Å². The van der Waals surface area contributed by atoms with Crippen LogP contribution in [-0.2, 0) is 0 Å². The monoisotopic (exact) mass is 166 g/mol. The van der Waals surface area contributed by atoms with Gasteiger partial charge in [0, 0.05) is 31.5 Å². The van der Waals surface area contributed by atoms with Crippen molar-refractivity contribution in [3.8, 4) is 0 Å². The standard InChI is InChI=1S/C7H10N4.CH4/c8-6-4-11(5-6)7-3-9-1-2-10-7;/h1-3,6H,4-5,8H2;1H4. The van der Waals surface area contributed by atoms with E-state index in [1.54, 1.807) is 18.6 Å². The lowest BCUT2D eigenvalue weighted by Crippen LogP contribution is -2.56. The van der Waals surface area contributed by atoms with Crippen LogP contribution in [0.1, 0.15) is 7.43 Å². The maximum Gasteiger partial charge on any atom is 0.147 e. The molecule has 1 aliphatic heterocycles. The molecule has 12 heavy (non-hydrogen) atoms. The molecule has 4 nitrogen and oxygen atoms in total. The van der Waals surface area contributed by atoms with E-state index in [9.17, 15) is 0 Å². The summed E-state index contributed by atoms with van der Waals surface area (Å²) >= 11 is 0. The summed E-state index contributed by atoms with van der Waals surface area (Å²) in [6.45, 7) is 1.80. The van der Waals surface area contributed by atoms with Gasteiger partial charge in [-0.2, -0.15) is 0 Å². The van der Waals surface area contributed by atoms with Gasteiger partial charge in [0.2, 0.25) is 0 Å². The molecule has 0 bridgehead atoms. The van der Waals surface area contributed by atoms with Crippen LogP contribution in [0, 0.1) is 0 Å². The molecule has 0 spiro atoms. The Kier molecular flexibility index (Phi) is 2.60. The zero-order valence-corrected chi connectivity index (χ0v) is 6.14. The Labute approximate surface area is 72.4 Å². The number of nitrogens with two attached hydrogens (primary N) is 1. The third kappa shape index (κ3) is 1.53. The lowest BCUT2D eigenvalue weighted by atomic mass is 10.1. The zero-order chi connectivity index (χ0) is 7.68. The average molecular weight is 166 g/mol. The van der Waals surface area contributed by atoms with E-state index in [1.165, 1.54) is 0 Å². The largest absolute Gasteiger partial charge is 0.352 e. The highest BCUT2D eigenvalue weighted by Gasteiger charge is 2.23. The summed E-state index contributed by atoms with van der Waals surface area (Å²) in [6, 6.07) is 0.317. The minimum absolute atomic E-state index is 0. The van der Waals surface area contributed by atoms with Crippen molar-refractivity contribution in [2.75, 3.05) is 18.0 Å². The minimum atomic E-state index is 0. The van der Waals surface area contributed by atoms with E-state index in [0.29, 0.717) is 6.04 Å². The smallest absolute Gasteiger partial charge is 0.147 e. The number of nitrogens with zero attached hydrogens (tertiary/aromatic N) is 3. The third-order valence-electron chi connectivity index (χ3n) is 1.78. The molecule has 2 N–H and O–H groups in total. The first-order chi connectivity index (χ1) is 5.36. The summed E-state index contributed by atoms with van der Waals surface area (Å²) in [5.41, 5.74) is 5.62. The van der Waals surface area contributed by atoms with E-state index in [1.807, 2.05) is 0 Å². The van der Waals surface area contributed by atoms with Gasteiger partial charge in [0.1, 0.15) is 5.82 Å². The molecule has 1 aliphatic rings. The van der Waals surface area contributed by atoms with Crippen molar-refractivity contribution in [2.45, 2.75) is 13.5 Å². The van der Waals surface area contributed by atoms with Gasteiger partial charge in [-0.15, -0.1) is 0 Å². The van der Waals surface area contributed by atoms with E-state index >= 15 is 0 Å². The van der Waals surface area contributed by atoms with Gasteiger partial charge in [0.15, 0.2) is 0 Å². The van der Waals surface area contributed by atoms with Gasteiger partial charge in [0.05, 0.1) is 6.20 Å². The van der Waals surface area contributed by atoms with Crippen LogP contribution in [0.4, 0.5) is 5.82 Å². The summed E-state index contributed by atoms with van der Waals surface area (Å²) < 4.78 is 0. The molecule has 1 fully saturated rings. The van der Waals surface area contributed by atoms with Crippen LogP contribution in [0.25, 0.3) is 0 Å². The molecule has 0 unspecified atom stereocenters. The van der Waals surface area contributed by atoms with E-state index in [-0.39, 0.29) is 7.43 Å². The normalized spacial score (nSPS) is 16.6. The minimum Gasteiger partial charge on any atom is -0.352 e. The fourth-order valence-electron chi connectivity index (χ4n) is 1.15. The number of anilines is 1. The van der Waals surface area contributed by atoms with Gasteiger partial charge < -0.3 is 10.6 Å². The fraction of sp³-hybridized carbons (Fsp3) is 0.500. The maximum absolute atomic E-state index is 5.62. The Balaban J connectivity index is 0.000000720. The first-order valence-electron chi connectivity index (χ1n) is 3.63. The van der Waals surface area contributed by atoms with Gasteiger partial charge in [-0.3, -0.25) is 4.98 Å². The van der Waals surface area contributed by atoms with Gasteiger partial charge >= 0.3 is 0 Å². The van der Waals surface area contributed by atoms with Crippen molar-refractivity contribution in [3.63, 3.8) is 0 Å². The van der Waals surface area contributed by atoms with Crippen molar-refractivity contribution >= 4 is 5.82 Å². The van der Waals surface area contributed by atoms with Crippen molar-refractivity contribution < 1.29 is 0 Å². The van der Waals surface area contributed by atoms with E-state index in [2.05, 4.69) is 14.9 Å². The van der Waals surface area contributed by atoms with Gasteiger partial charge in [0.25, 0.3) is 0 Å². The summed E-state index contributed by atoms with van der Waals surface area (Å²) in [5.74, 6) is 0.925. The quantitative estimate of drug-likeness (QED) is 0.650. The molecule has 0 radical (unpaired) electrons. The predicted molar refractivity (Wildman–Crippen MR) is 49.0 cm³/mol. The molecule has 0 saturated carbocycles. The van der Waals surface area contributed by atoms with Gasteiger partial charge in [-0.05, 0) is 0 Å². The van der Waals surface area contributed by atoms with E-state index < -0.39 is 0 Å². The highest BCUT2D eigenvalue weighted by atomic mass is 15.3. The topological polar surface area (TPSA) is 55.0 Å². The lowest BCUT2D eigenvalue weighted by Gasteiger charge is -2.37. The highest BCUT2D eigenvalue weighted by Crippen LogP contribution is 2.14. The van der Waals surface area contributed by atoms with Crippen LogP contribution < -0.4 is 10.6 Å². The number of aromatic nitrogens is 2. The molecule has 0 aromatic carbocycles. The average Bonchev–Trinajstić information content (AvgIpc) is 2.01. The van der Waals surface area contributed by atoms with Crippen LogP contribution in [0.2, 0.25) is 0 Å². The molecule has 66 valence electrons. The molecule has 1 saturated heterocycles. The summed E-state index contributed by atoms with van der Waals surface area (Å²) in [6.07, 6.45) is 5.12. The molecule has 0 atom stereocenters. The second kappa shape index (κ2) is 3.49. The van der Waals surface area contributed by atoms with Crippen LogP contribution in [0.15, 0.2) is 18.6 Å². The first-order valence-corrected chi connectivity index (χ1v) is 3.63. The van der Waals surface area contributed by atoms with Crippen molar-refractivity contribution in [3.05, 3.63) is 18.6 Å². The second-order valence-corrected chi connectivity index (χ2v) is 2.73. The van der Waals surface area contributed by atoms with Crippen molar-refractivity contribution in [1.82, 2.24) is 9.97 Å². The summed E-state index contributed by atoms with van der Waals surface area (Å²) in [7, 11) is 0. The Morgan fingerprint density at radius 3 is 2.67 bits per heavy atom. The molecule has 1 aromatic rings. The van der Waals surface area contributed by atoms with E-state index in [4.69, 9.17) is 5.73 Å². The van der Waals surface area contributed by atoms with Crippen LogP contribution in [0.3, 0.4) is 0 Å². The van der Waals surface area contributed by atoms with E-state index in [0.717, 1.165) is 18.9 Å². The molecule has 1 aromatic heterocycles. The highest BCUT2D eigenvalue weighted by molar-refractivity contribution is 5.39. The Morgan fingerprint density at radius 1 is 1.42 bits per heavy atom. The molecule has 0 aliphatic carbocycles.